The van der Waals surface area contributed by atoms with Crippen LogP contribution >= 0.6 is 11.3 Å². The van der Waals surface area contributed by atoms with Gasteiger partial charge in [-0.15, -0.1) is 11.3 Å². The highest BCUT2D eigenvalue weighted by atomic mass is 32.2. The summed E-state index contributed by atoms with van der Waals surface area (Å²) in [5, 5.41) is 11.5. The van der Waals surface area contributed by atoms with Crippen LogP contribution in [0.4, 0.5) is 0 Å². The molecular weight excluding hydrogens is 282 g/mol. The molecule has 102 valence electrons. The predicted molar refractivity (Wildman–Crippen MR) is 75.8 cm³/mol. The fraction of sp³-hybridized carbons (Fsp3) is 0.231. The summed E-state index contributed by atoms with van der Waals surface area (Å²) in [5.41, 5.74) is 0.588. The maximum Gasteiger partial charge on any atom is 0.252 e. The van der Waals surface area contributed by atoms with Gasteiger partial charge in [-0.05, 0) is 24.4 Å². The second kappa shape index (κ2) is 5.32. The molecule has 0 aliphatic carbocycles. The lowest BCUT2D eigenvalue weighted by Crippen LogP contribution is -2.29. The van der Waals surface area contributed by atoms with E-state index in [9.17, 15) is 13.5 Å². The van der Waals surface area contributed by atoms with Crippen LogP contribution in [0, 0.1) is 0 Å². The minimum absolute atomic E-state index is 0.100. The number of hydrogen-bond donors (Lipinski definition) is 1. The molecule has 1 atom stereocenters. The Morgan fingerprint density at radius 2 is 1.89 bits per heavy atom. The average molecular weight is 297 g/mol. The van der Waals surface area contributed by atoms with Crippen molar-refractivity contribution in [3.63, 3.8) is 0 Å². The lowest BCUT2D eigenvalue weighted by atomic mass is 10.1. The van der Waals surface area contributed by atoms with Gasteiger partial charge in [0, 0.05) is 12.6 Å². The Morgan fingerprint density at radius 3 is 2.47 bits per heavy atom. The van der Waals surface area contributed by atoms with Crippen LogP contribution in [0.3, 0.4) is 0 Å². The lowest BCUT2D eigenvalue weighted by molar-refractivity contribution is 0.382. The third-order valence-corrected chi connectivity index (χ3v) is 6.36. The first-order valence-electron chi connectivity index (χ1n) is 5.74. The Balaban J connectivity index is 2.35. The number of rotatable bonds is 4. The lowest BCUT2D eigenvalue weighted by Gasteiger charge is -2.24. The number of phenols is 1. The number of thiophene rings is 1. The predicted octanol–water partition coefficient (Wildman–Crippen LogP) is 2.84. The van der Waals surface area contributed by atoms with Gasteiger partial charge in [-0.1, -0.05) is 24.3 Å². The quantitative estimate of drug-likeness (QED) is 0.944. The topological polar surface area (TPSA) is 57.6 Å². The number of aromatic hydroxyl groups is 1. The molecule has 2 rings (SSSR count). The third kappa shape index (κ3) is 2.65. The maximum atomic E-state index is 12.4. The molecule has 1 aromatic carbocycles. The van der Waals surface area contributed by atoms with Gasteiger partial charge in [-0.25, -0.2) is 8.42 Å². The summed E-state index contributed by atoms with van der Waals surface area (Å²) < 4.78 is 26.3. The van der Waals surface area contributed by atoms with Crippen molar-refractivity contribution in [1.82, 2.24) is 4.31 Å². The van der Waals surface area contributed by atoms with Gasteiger partial charge in [0.15, 0.2) is 0 Å². The third-order valence-electron chi connectivity index (χ3n) is 3.06. The van der Waals surface area contributed by atoms with E-state index >= 15 is 0 Å². The molecule has 0 aliphatic rings. The van der Waals surface area contributed by atoms with Crippen LogP contribution in [-0.2, 0) is 10.0 Å². The first-order valence-corrected chi connectivity index (χ1v) is 8.06. The van der Waals surface area contributed by atoms with E-state index in [1.54, 1.807) is 48.7 Å². The zero-order valence-corrected chi connectivity index (χ0v) is 12.3. The van der Waals surface area contributed by atoms with Crippen LogP contribution in [0.25, 0.3) is 0 Å². The zero-order chi connectivity index (χ0) is 14.0. The number of sulfonamides is 1. The van der Waals surface area contributed by atoms with Crippen molar-refractivity contribution in [2.24, 2.45) is 0 Å². The fourth-order valence-electron chi connectivity index (χ4n) is 1.80. The van der Waals surface area contributed by atoms with Crippen molar-refractivity contribution in [3.05, 3.63) is 47.3 Å². The van der Waals surface area contributed by atoms with Crippen molar-refractivity contribution in [3.8, 4) is 5.75 Å². The second-order valence-corrected chi connectivity index (χ2v) is 7.36. The number of phenolic OH excluding ortho intramolecular Hbond substituents is 1. The van der Waals surface area contributed by atoms with E-state index in [1.165, 1.54) is 22.7 Å². The molecule has 1 unspecified atom stereocenters. The summed E-state index contributed by atoms with van der Waals surface area (Å²) in [7, 11) is -2.00. The highest BCUT2D eigenvalue weighted by molar-refractivity contribution is 7.91. The van der Waals surface area contributed by atoms with Crippen molar-refractivity contribution < 1.29 is 13.5 Å². The van der Waals surface area contributed by atoms with Crippen molar-refractivity contribution >= 4 is 21.4 Å². The molecule has 0 saturated heterocycles. The maximum absolute atomic E-state index is 12.4. The van der Waals surface area contributed by atoms with Crippen LogP contribution < -0.4 is 0 Å². The van der Waals surface area contributed by atoms with E-state index in [-0.39, 0.29) is 5.75 Å². The zero-order valence-electron chi connectivity index (χ0n) is 10.6. The first-order chi connectivity index (χ1) is 8.94. The summed E-state index contributed by atoms with van der Waals surface area (Å²) in [6.07, 6.45) is 0. The molecule has 19 heavy (non-hydrogen) atoms. The van der Waals surface area contributed by atoms with Crippen molar-refractivity contribution in [2.75, 3.05) is 7.05 Å². The van der Waals surface area contributed by atoms with Gasteiger partial charge >= 0.3 is 0 Å². The number of nitrogens with zero attached hydrogens (tertiary/aromatic N) is 1. The first kappa shape index (κ1) is 14.0. The Kier molecular flexibility index (Phi) is 3.93. The van der Waals surface area contributed by atoms with E-state index in [4.69, 9.17) is 0 Å². The minimum Gasteiger partial charge on any atom is -0.508 e. The standard InChI is InChI=1S/C13H15NO3S2/c1-10(11-6-3-4-7-12(11)15)14(2)19(16,17)13-8-5-9-18-13/h3-10,15H,1-2H3. The molecule has 0 fully saturated rings. The van der Waals surface area contributed by atoms with Crippen LogP contribution in [0.2, 0.25) is 0 Å². The smallest absolute Gasteiger partial charge is 0.252 e. The summed E-state index contributed by atoms with van der Waals surface area (Å²) in [5.74, 6) is 0.100. The molecular formula is C13H15NO3S2. The van der Waals surface area contributed by atoms with Gasteiger partial charge < -0.3 is 5.11 Å². The molecule has 1 heterocycles. The monoisotopic (exact) mass is 297 g/mol. The molecule has 0 amide bonds. The molecule has 1 aromatic heterocycles. The van der Waals surface area contributed by atoms with Crippen LogP contribution in [0.1, 0.15) is 18.5 Å². The SMILES string of the molecule is CC(c1ccccc1O)N(C)S(=O)(=O)c1cccs1. The largest absolute Gasteiger partial charge is 0.508 e. The number of hydrogen-bond acceptors (Lipinski definition) is 4. The van der Waals surface area contributed by atoms with E-state index in [0.29, 0.717) is 9.77 Å². The molecule has 4 nitrogen and oxygen atoms in total. The molecule has 2 aromatic rings. The summed E-state index contributed by atoms with van der Waals surface area (Å²) in [6.45, 7) is 1.75. The molecule has 0 aliphatic heterocycles. The van der Waals surface area contributed by atoms with Crippen LogP contribution in [0.5, 0.6) is 5.75 Å². The highest BCUT2D eigenvalue weighted by Gasteiger charge is 2.28. The van der Waals surface area contributed by atoms with E-state index in [0.717, 1.165) is 0 Å². The van der Waals surface area contributed by atoms with Gasteiger partial charge in [0.25, 0.3) is 10.0 Å². The highest BCUT2D eigenvalue weighted by Crippen LogP contribution is 2.31. The van der Waals surface area contributed by atoms with E-state index in [2.05, 4.69) is 0 Å². The second-order valence-electron chi connectivity index (χ2n) is 4.19. The summed E-state index contributed by atoms with van der Waals surface area (Å²) in [4.78, 5) is 0. The van der Waals surface area contributed by atoms with Crippen LogP contribution in [-0.4, -0.2) is 24.9 Å². The van der Waals surface area contributed by atoms with Crippen molar-refractivity contribution in [1.29, 1.82) is 0 Å². The molecule has 1 N–H and O–H groups in total. The van der Waals surface area contributed by atoms with Gasteiger partial charge in [0.05, 0.1) is 6.04 Å². The van der Waals surface area contributed by atoms with E-state index < -0.39 is 16.1 Å². The fourth-order valence-corrected chi connectivity index (χ4v) is 4.32. The molecule has 6 heteroatoms. The Hall–Kier alpha value is -1.37. The Morgan fingerprint density at radius 1 is 1.21 bits per heavy atom. The van der Waals surface area contributed by atoms with Gasteiger partial charge in [0.1, 0.15) is 9.96 Å². The molecule has 0 radical (unpaired) electrons. The summed E-state index contributed by atoms with van der Waals surface area (Å²) >= 11 is 1.18. The average Bonchev–Trinajstić information content (AvgIpc) is 2.92. The molecule has 0 saturated carbocycles. The molecule has 0 bridgehead atoms. The van der Waals surface area contributed by atoms with Crippen LogP contribution in [0.15, 0.2) is 46.0 Å². The van der Waals surface area contributed by atoms with Gasteiger partial charge in [-0.2, -0.15) is 4.31 Å². The Labute approximate surface area is 117 Å². The summed E-state index contributed by atoms with van der Waals surface area (Å²) in [6, 6.07) is 9.60. The Bertz CT molecular complexity index is 650. The normalized spacial score (nSPS) is 13.6. The van der Waals surface area contributed by atoms with Crippen molar-refractivity contribution in [2.45, 2.75) is 17.2 Å². The molecule has 0 spiro atoms. The van der Waals surface area contributed by atoms with Gasteiger partial charge in [0.2, 0.25) is 0 Å². The van der Waals surface area contributed by atoms with Gasteiger partial charge in [-0.3, -0.25) is 0 Å². The minimum atomic E-state index is -3.52. The number of benzene rings is 1. The van der Waals surface area contributed by atoms with E-state index in [1.807, 2.05) is 0 Å². The number of para-hydroxylation sites is 1.